The van der Waals surface area contributed by atoms with E-state index in [9.17, 15) is 31.5 Å². The first-order chi connectivity index (χ1) is 21.9. The number of methoxy groups -OCH3 is 2. The van der Waals surface area contributed by atoms with Crippen molar-refractivity contribution in [1.29, 1.82) is 0 Å². The number of aryl methyl sites for hydroxylation is 2. The minimum Gasteiger partial charge on any atom is -0.467 e. The molecule has 2 aliphatic rings. The Morgan fingerprint density at radius 3 is 1.51 bits per heavy atom. The molecule has 4 atom stereocenters. The Morgan fingerprint density at radius 1 is 0.745 bits per heavy atom. The maximum atomic E-state index is 12.4. The SMILES string of the molecule is COC(=O)C1(C(C)O)COCCO1.COC(=O)C1(C(C)OS(=O)(=O)c2ccc(C)cc2)COCCO1.Cc1ccc(S(=O)(=O)Cl)cc1. The lowest BCUT2D eigenvalue weighted by Gasteiger charge is -2.37. The normalized spacial score (nSPS) is 22.6. The molecule has 2 aromatic rings. The molecule has 0 amide bonds. The Hall–Kier alpha value is -2.67. The molecule has 264 valence electrons. The van der Waals surface area contributed by atoms with Crippen molar-refractivity contribution in [3.05, 3.63) is 59.7 Å². The number of aliphatic hydroxyl groups excluding tert-OH is 1. The van der Waals surface area contributed by atoms with Crippen LogP contribution in [-0.2, 0) is 61.4 Å². The van der Waals surface area contributed by atoms with Crippen LogP contribution in [0.5, 0.6) is 0 Å². The van der Waals surface area contributed by atoms with Gasteiger partial charge in [-0.05, 0) is 52.0 Å². The zero-order chi connectivity index (χ0) is 35.5. The average Bonchev–Trinajstić information content (AvgIpc) is 3.04. The van der Waals surface area contributed by atoms with Crippen LogP contribution >= 0.6 is 10.7 Å². The van der Waals surface area contributed by atoms with E-state index in [2.05, 4.69) is 4.74 Å². The van der Waals surface area contributed by atoms with E-state index in [1.54, 1.807) is 24.3 Å². The molecule has 2 saturated heterocycles. The zero-order valence-electron chi connectivity index (χ0n) is 27.0. The first-order valence-corrected chi connectivity index (χ1v) is 18.0. The van der Waals surface area contributed by atoms with Gasteiger partial charge in [-0.1, -0.05) is 35.4 Å². The molecule has 1 N–H and O–H groups in total. The molecule has 0 bridgehead atoms. The summed E-state index contributed by atoms with van der Waals surface area (Å²) in [6.45, 7) is 7.74. The third-order valence-electron chi connectivity index (χ3n) is 7.08. The summed E-state index contributed by atoms with van der Waals surface area (Å²) in [6, 6.07) is 12.6. The number of aliphatic hydroxyl groups is 1. The van der Waals surface area contributed by atoms with Crippen molar-refractivity contribution in [1.82, 2.24) is 0 Å². The summed E-state index contributed by atoms with van der Waals surface area (Å²) in [4.78, 5) is 23.6. The Bertz CT molecular complexity index is 1510. The number of carbonyl (C=O) groups excluding carboxylic acids is 2. The third-order valence-corrected chi connectivity index (χ3v) is 9.85. The second-order valence-corrected chi connectivity index (χ2v) is 14.6. The highest BCUT2D eigenvalue weighted by Gasteiger charge is 2.51. The van der Waals surface area contributed by atoms with Crippen LogP contribution in [-0.4, -0.2) is 111 Å². The third kappa shape index (κ3) is 10.9. The lowest BCUT2D eigenvalue weighted by Crippen LogP contribution is -2.58. The van der Waals surface area contributed by atoms with Crippen molar-refractivity contribution < 1.29 is 64.1 Å². The minimum atomic E-state index is -4.05. The topological polar surface area (TPSA) is 187 Å². The Labute approximate surface area is 279 Å². The van der Waals surface area contributed by atoms with Gasteiger partial charge < -0.3 is 33.5 Å². The minimum absolute atomic E-state index is 0.00620. The molecule has 2 heterocycles. The molecule has 4 unspecified atom stereocenters. The highest BCUT2D eigenvalue weighted by Crippen LogP contribution is 2.28. The quantitative estimate of drug-likeness (QED) is 0.237. The van der Waals surface area contributed by atoms with Gasteiger partial charge in [-0.25, -0.2) is 18.0 Å². The van der Waals surface area contributed by atoms with Crippen LogP contribution in [0.2, 0.25) is 0 Å². The number of halogens is 1. The van der Waals surface area contributed by atoms with Crippen LogP contribution in [0.1, 0.15) is 25.0 Å². The van der Waals surface area contributed by atoms with Gasteiger partial charge in [0, 0.05) is 10.7 Å². The Morgan fingerprint density at radius 2 is 1.15 bits per heavy atom. The maximum Gasteiger partial charge on any atom is 0.343 e. The van der Waals surface area contributed by atoms with Crippen LogP contribution in [0, 0.1) is 13.8 Å². The van der Waals surface area contributed by atoms with Gasteiger partial charge in [-0.3, -0.25) is 4.18 Å². The van der Waals surface area contributed by atoms with Gasteiger partial charge in [0.05, 0.1) is 69.8 Å². The van der Waals surface area contributed by atoms with Gasteiger partial charge in [0.1, 0.15) is 6.10 Å². The molecule has 0 aromatic heterocycles. The molecule has 0 spiro atoms. The Kier molecular flexibility index (Phi) is 15.2. The van der Waals surface area contributed by atoms with Gasteiger partial charge >= 0.3 is 11.9 Å². The summed E-state index contributed by atoms with van der Waals surface area (Å²) in [5.74, 6) is -1.33. The number of carbonyl (C=O) groups is 2. The second kappa shape index (κ2) is 17.6. The fraction of sp³-hybridized carbons (Fsp3) is 0.533. The first kappa shape index (κ1) is 40.5. The van der Waals surface area contributed by atoms with Crippen LogP contribution in [0.3, 0.4) is 0 Å². The molecule has 14 nitrogen and oxygen atoms in total. The van der Waals surface area contributed by atoms with Gasteiger partial charge in [0.2, 0.25) is 11.2 Å². The summed E-state index contributed by atoms with van der Waals surface area (Å²) < 4.78 is 81.7. The standard InChI is InChI=1S/C15H20O7S.C8H14O5.C7H7ClO2S/c1-11-4-6-13(7-5-11)23(17,18)22-12(2)15(14(16)19-3)10-20-8-9-21-15;1-6(9)8(7(10)11-2)5-12-3-4-13-8;1-6-2-4-7(5-3-6)11(8,9)10/h4-7,12H,8-10H2,1-3H3;6,9H,3-5H2,1-2H3;2-5H,1H3. The van der Waals surface area contributed by atoms with E-state index in [1.807, 2.05) is 13.8 Å². The molecule has 47 heavy (non-hydrogen) atoms. The predicted octanol–water partition coefficient (Wildman–Crippen LogP) is 2.30. The number of hydrogen-bond donors (Lipinski definition) is 1. The highest BCUT2D eigenvalue weighted by molar-refractivity contribution is 8.13. The fourth-order valence-electron chi connectivity index (χ4n) is 4.22. The molecule has 2 aliphatic heterocycles. The smallest absolute Gasteiger partial charge is 0.343 e. The zero-order valence-corrected chi connectivity index (χ0v) is 29.4. The molecule has 0 aliphatic carbocycles. The first-order valence-electron chi connectivity index (χ1n) is 14.2. The summed E-state index contributed by atoms with van der Waals surface area (Å²) >= 11 is 0. The lowest BCUT2D eigenvalue weighted by molar-refractivity contribution is -0.218. The molecular formula is C30H41ClO14S2. The summed E-state index contributed by atoms with van der Waals surface area (Å²) in [7, 11) is -0.0610. The molecule has 0 radical (unpaired) electrons. The van der Waals surface area contributed by atoms with E-state index in [1.165, 1.54) is 52.3 Å². The molecular weight excluding hydrogens is 684 g/mol. The fourth-order valence-corrected chi connectivity index (χ4v) is 6.10. The van der Waals surface area contributed by atoms with Crippen molar-refractivity contribution in [3.63, 3.8) is 0 Å². The highest BCUT2D eigenvalue weighted by atomic mass is 35.7. The van der Waals surface area contributed by atoms with Gasteiger partial charge in [-0.15, -0.1) is 0 Å². The Balaban J connectivity index is 0.000000270. The van der Waals surface area contributed by atoms with Gasteiger partial charge in [0.15, 0.2) is 0 Å². The molecule has 2 aromatic carbocycles. The van der Waals surface area contributed by atoms with Crippen LogP contribution in [0.4, 0.5) is 0 Å². The van der Waals surface area contributed by atoms with E-state index in [0.29, 0.717) is 19.8 Å². The molecule has 0 saturated carbocycles. The van der Waals surface area contributed by atoms with Crippen molar-refractivity contribution in [2.75, 3.05) is 53.9 Å². The van der Waals surface area contributed by atoms with Crippen molar-refractivity contribution in [2.45, 2.75) is 60.9 Å². The van der Waals surface area contributed by atoms with Gasteiger partial charge in [-0.2, -0.15) is 8.42 Å². The van der Waals surface area contributed by atoms with Crippen molar-refractivity contribution in [2.24, 2.45) is 0 Å². The van der Waals surface area contributed by atoms with E-state index in [-0.39, 0.29) is 29.6 Å². The number of hydrogen-bond acceptors (Lipinski definition) is 14. The second-order valence-electron chi connectivity index (χ2n) is 10.5. The summed E-state index contributed by atoms with van der Waals surface area (Å²) in [6.07, 6.45) is -2.05. The molecule has 2 fully saturated rings. The van der Waals surface area contributed by atoms with Crippen molar-refractivity contribution >= 4 is 41.8 Å². The van der Waals surface area contributed by atoms with E-state index in [4.69, 9.17) is 38.5 Å². The van der Waals surface area contributed by atoms with Crippen LogP contribution in [0.25, 0.3) is 0 Å². The average molecular weight is 725 g/mol. The summed E-state index contributed by atoms with van der Waals surface area (Å²) in [5, 5.41) is 9.42. The maximum absolute atomic E-state index is 12.4. The lowest BCUT2D eigenvalue weighted by atomic mass is 9.98. The van der Waals surface area contributed by atoms with Crippen LogP contribution in [0.15, 0.2) is 58.3 Å². The number of benzene rings is 2. The van der Waals surface area contributed by atoms with E-state index >= 15 is 0 Å². The largest absolute Gasteiger partial charge is 0.467 e. The number of rotatable bonds is 8. The van der Waals surface area contributed by atoms with E-state index < -0.39 is 54.5 Å². The number of esters is 2. The monoisotopic (exact) mass is 724 g/mol. The molecule has 17 heteroatoms. The van der Waals surface area contributed by atoms with Crippen LogP contribution < -0.4 is 0 Å². The summed E-state index contributed by atoms with van der Waals surface area (Å²) in [5.41, 5.74) is -1.02. The van der Waals surface area contributed by atoms with Gasteiger partial charge in [0.25, 0.3) is 19.2 Å². The number of ether oxygens (including phenoxy) is 6. The molecule has 4 rings (SSSR count). The van der Waals surface area contributed by atoms with E-state index in [0.717, 1.165) is 11.1 Å². The van der Waals surface area contributed by atoms with Crippen molar-refractivity contribution in [3.8, 4) is 0 Å². The predicted molar refractivity (Wildman–Crippen MR) is 168 cm³/mol.